The molecule has 1 aliphatic rings. The summed E-state index contributed by atoms with van der Waals surface area (Å²) in [6.07, 6.45) is 8.43. The molecule has 0 unspecified atom stereocenters. The Morgan fingerprint density at radius 1 is 1.16 bits per heavy atom. The molecule has 1 aliphatic carbocycles. The van der Waals surface area contributed by atoms with E-state index in [1.54, 1.807) is 0 Å². The van der Waals surface area contributed by atoms with Crippen molar-refractivity contribution < 1.29 is 4.79 Å². The van der Waals surface area contributed by atoms with Crippen LogP contribution >= 0.6 is 0 Å². The van der Waals surface area contributed by atoms with Gasteiger partial charge in [-0.2, -0.15) is 0 Å². The van der Waals surface area contributed by atoms with Crippen molar-refractivity contribution in [3.8, 4) is 0 Å². The van der Waals surface area contributed by atoms with Crippen molar-refractivity contribution in [1.29, 1.82) is 0 Å². The van der Waals surface area contributed by atoms with Crippen LogP contribution in [0.1, 0.15) is 56.1 Å². The smallest absolute Gasteiger partial charge is 0.224 e. The molecule has 1 aromatic carbocycles. The van der Waals surface area contributed by atoms with E-state index in [-0.39, 0.29) is 5.91 Å². The highest BCUT2D eigenvalue weighted by molar-refractivity contribution is 5.90. The Labute approximate surface area is 116 Å². The van der Waals surface area contributed by atoms with Gasteiger partial charge in [0.05, 0.1) is 0 Å². The number of nitrogens with one attached hydrogen (secondary N) is 1. The van der Waals surface area contributed by atoms with Crippen LogP contribution in [0, 0.1) is 19.8 Å². The predicted molar refractivity (Wildman–Crippen MR) is 80.4 cm³/mol. The first-order valence-corrected chi connectivity index (χ1v) is 7.52. The highest BCUT2D eigenvalue weighted by Crippen LogP contribution is 2.27. The summed E-state index contributed by atoms with van der Waals surface area (Å²) < 4.78 is 0. The predicted octanol–water partition coefficient (Wildman–Crippen LogP) is 4.60. The van der Waals surface area contributed by atoms with Gasteiger partial charge in [0.15, 0.2) is 0 Å². The first kappa shape index (κ1) is 14.1. The van der Waals surface area contributed by atoms with Gasteiger partial charge in [-0.05, 0) is 49.4 Å². The maximum atomic E-state index is 11.9. The number of anilines is 1. The average Bonchev–Trinajstić information content (AvgIpc) is 2.42. The molecule has 0 heterocycles. The van der Waals surface area contributed by atoms with E-state index in [0.717, 1.165) is 18.0 Å². The number of carbonyl (C=O) groups is 1. The van der Waals surface area contributed by atoms with Gasteiger partial charge < -0.3 is 5.32 Å². The van der Waals surface area contributed by atoms with E-state index < -0.39 is 0 Å². The van der Waals surface area contributed by atoms with Gasteiger partial charge in [0, 0.05) is 12.1 Å². The van der Waals surface area contributed by atoms with Crippen molar-refractivity contribution in [2.45, 2.75) is 58.8 Å². The maximum Gasteiger partial charge on any atom is 0.224 e. The van der Waals surface area contributed by atoms with Crippen LogP contribution in [-0.4, -0.2) is 5.91 Å². The van der Waals surface area contributed by atoms with Gasteiger partial charge >= 0.3 is 0 Å². The van der Waals surface area contributed by atoms with Gasteiger partial charge in [-0.15, -0.1) is 0 Å². The fourth-order valence-corrected chi connectivity index (χ4v) is 2.85. The van der Waals surface area contributed by atoms with Crippen LogP contribution in [0.4, 0.5) is 5.69 Å². The zero-order chi connectivity index (χ0) is 13.7. The van der Waals surface area contributed by atoms with Crippen molar-refractivity contribution in [3.05, 3.63) is 29.3 Å². The van der Waals surface area contributed by atoms with Gasteiger partial charge in [-0.3, -0.25) is 4.79 Å². The molecule has 1 saturated carbocycles. The third-order valence-electron chi connectivity index (χ3n) is 4.30. The zero-order valence-electron chi connectivity index (χ0n) is 12.2. The first-order valence-electron chi connectivity index (χ1n) is 7.52. The van der Waals surface area contributed by atoms with E-state index in [1.807, 2.05) is 12.1 Å². The summed E-state index contributed by atoms with van der Waals surface area (Å²) in [5.74, 6) is 0.938. The van der Waals surface area contributed by atoms with Crippen molar-refractivity contribution in [2.75, 3.05) is 5.32 Å². The molecule has 2 rings (SSSR count). The largest absolute Gasteiger partial charge is 0.326 e. The molecule has 0 saturated heterocycles. The van der Waals surface area contributed by atoms with Crippen LogP contribution in [0.2, 0.25) is 0 Å². The third kappa shape index (κ3) is 4.38. The van der Waals surface area contributed by atoms with Crippen molar-refractivity contribution in [1.82, 2.24) is 0 Å². The number of hydrogen-bond acceptors (Lipinski definition) is 1. The molecule has 0 spiro atoms. The molecule has 1 fully saturated rings. The standard InChI is InChI=1S/C17H25NO/c1-13-8-10-16(12-14(13)2)18-17(19)11-9-15-6-4-3-5-7-15/h8,10,12,15H,3-7,9,11H2,1-2H3,(H,18,19). The minimum atomic E-state index is 0.161. The quantitative estimate of drug-likeness (QED) is 0.841. The molecule has 2 heteroatoms. The van der Waals surface area contributed by atoms with Crippen LogP contribution in [0.15, 0.2) is 18.2 Å². The lowest BCUT2D eigenvalue weighted by atomic mass is 9.86. The van der Waals surface area contributed by atoms with Crippen LogP contribution in [0.5, 0.6) is 0 Å². The summed E-state index contributed by atoms with van der Waals surface area (Å²) in [7, 11) is 0. The lowest BCUT2D eigenvalue weighted by Crippen LogP contribution is -2.14. The fourth-order valence-electron chi connectivity index (χ4n) is 2.85. The van der Waals surface area contributed by atoms with E-state index >= 15 is 0 Å². The van der Waals surface area contributed by atoms with E-state index in [1.165, 1.54) is 43.2 Å². The number of rotatable bonds is 4. The highest BCUT2D eigenvalue weighted by Gasteiger charge is 2.14. The molecule has 0 radical (unpaired) electrons. The summed E-state index contributed by atoms with van der Waals surface area (Å²) in [6, 6.07) is 6.10. The van der Waals surface area contributed by atoms with Gasteiger partial charge in [0.25, 0.3) is 0 Å². The summed E-state index contributed by atoms with van der Waals surface area (Å²) in [4.78, 5) is 11.9. The molecule has 104 valence electrons. The second kappa shape index (κ2) is 6.74. The zero-order valence-corrected chi connectivity index (χ0v) is 12.2. The van der Waals surface area contributed by atoms with Crippen molar-refractivity contribution in [3.63, 3.8) is 0 Å². The fraction of sp³-hybridized carbons (Fsp3) is 0.588. The molecule has 19 heavy (non-hydrogen) atoms. The maximum absolute atomic E-state index is 11.9. The number of hydrogen-bond donors (Lipinski definition) is 1. The lowest BCUT2D eigenvalue weighted by molar-refractivity contribution is -0.116. The van der Waals surface area contributed by atoms with E-state index in [9.17, 15) is 4.79 Å². The summed E-state index contributed by atoms with van der Waals surface area (Å²) in [6.45, 7) is 4.16. The first-order chi connectivity index (χ1) is 9.15. The number of carbonyl (C=O) groups excluding carboxylic acids is 1. The highest BCUT2D eigenvalue weighted by atomic mass is 16.1. The van der Waals surface area contributed by atoms with Gasteiger partial charge in [0.2, 0.25) is 5.91 Å². The second-order valence-electron chi connectivity index (χ2n) is 5.89. The van der Waals surface area contributed by atoms with E-state index in [4.69, 9.17) is 0 Å². The minimum absolute atomic E-state index is 0.161. The Morgan fingerprint density at radius 2 is 1.89 bits per heavy atom. The van der Waals surface area contributed by atoms with Crippen LogP contribution in [0.25, 0.3) is 0 Å². The third-order valence-corrected chi connectivity index (χ3v) is 4.30. The molecule has 0 aromatic heterocycles. The Hall–Kier alpha value is -1.31. The summed E-state index contributed by atoms with van der Waals surface area (Å²) >= 11 is 0. The minimum Gasteiger partial charge on any atom is -0.326 e. The topological polar surface area (TPSA) is 29.1 Å². The Morgan fingerprint density at radius 3 is 2.58 bits per heavy atom. The van der Waals surface area contributed by atoms with E-state index in [2.05, 4.69) is 25.2 Å². The number of benzene rings is 1. The lowest BCUT2D eigenvalue weighted by Gasteiger charge is -2.21. The molecular formula is C17H25NO. The second-order valence-corrected chi connectivity index (χ2v) is 5.89. The average molecular weight is 259 g/mol. The molecule has 0 atom stereocenters. The Balaban J connectivity index is 1.78. The molecule has 1 N–H and O–H groups in total. The normalized spacial score (nSPS) is 16.3. The van der Waals surface area contributed by atoms with Crippen LogP contribution in [-0.2, 0) is 4.79 Å². The van der Waals surface area contributed by atoms with Gasteiger partial charge in [0.1, 0.15) is 0 Å². The number of aryl methyl sites for hydroxylation is 2. The van der Waals surface area contributed by atoms with Crippen LogP contribution < -0.4 is 5.32 Å². The Kier molecular flexibility index (Phi) is 5.00. The van der Waals surface area contributed by atoms with E-state index in [0.29, 0.717) is 6.42 Å². The Bertz CT molecular complexity index is 433. The van der Waals surface area contributed by atoms with Crippen LogP contribution in [0.3, 0.4) is 0 Å². The molecule has 2 nitrogen and oxygen atoms in total. The molecule has 1 amide bonds. The van der Waals surface area contributed by atoms with Crippen molar-refractivity contribution in [2.24, 2.45) is 5.92 Å². The summed E-state index contributed by atoms with van der Waals surface area (Å²) in [5.41, 5.74) is 3.42. The van der Waals surface area contributed by atoms with Gasteiger partial charge in [-0.1, -0.05) is 38.2 Å². The molecular weight excluding hydrogens is 234 g/mol. The van der Waals surface area contributed by atoms with Crippen molar-refractivity contribution >= 4 is 11.6 Å². The summed E-state index contributed by atoms with van der Waals surface area (Å²) in [5, 5.41) is 3.01. The monoisotopic (exact) mass is 259 g/mol. The number of amides is 1. The molecule has 0 bridgehead atoms. The SMILES string of the molecule is Cc1ccc(NC(=O)CCC2CCCCC2)cc1C. The molecule has 1 aromatic rings. The van der Waals surface area contributed by atoms with Gasteiger partial charge in [-0.25, -0.2) is 0 Å². The molecule has 0 aliphatic heterocycles.